The van der Waals surface area contributed by atoms with Gasteiger partial charge in [0.1, 0.15) is 0 Å². The molecule has 1 unspecified atom stereocenters. The summed E-state index contributed by atoms with van der Waals surface area (Å²) >= 11 is 0. The molecule has 0 heterocycles. The Morgan fingerprint density at radius 1 is 1.20 bits per heavy atom. The SMILES string of the molecule is CCC(=C\CC(C)O)/C(=C/[Si](C)(C)C)c1ccccc1. The van der Waals surface area contributed by atoms with Crippen molar-refractivity contribution >= 4 is 13.6 Å². The highest BCUT2D eigenvalue weighted by molar-refractivity contribution is 6.81. The summed E-state index contributed by atoms with van der Waals surface area (Å²) in [5, 5.41) is 9.53. The number of allylic oxidation sites excluding steroid dienone is 2. The Morgan fingerprint density at radius 3 is 2.25 bits per heavy atom. The van der Waals surface area contributed by atoms with Crippen molar-refractivity contribution in [2.24, 2.45) is 0 Å². The molecule has 110 valence electrons. The summed E-state index contributed by atoms with van der Waals surface area (Å²) < 4.78 is 0. The van der Waals surface area contributed by atoms with Crippen molar-refractivity contribution in [2.75, 3.05) is 0 Å². The van der Waals surface area contributed by atoms with Crippen molar-refractivity contribution in [3.05, 3.63) is 53.2 Å². The molecular formula is C18H28OSi. The van der Waals surface area contributed by atoms with Gasteiger partial charge in [0, 0.05) is 0 Å². The second-order valence-electron chi connectivity index (χ2n) is 6.46. The second kappa shape index (κ2) is 7.60. The maximum atomic E-state index is 9.53. The maximum absolute atomic E-state index is 9.53. The van der Waals surface area contributed by atoms with Gasteiger partial charge in [-0.05, 0) is 36.5 Å². The number of aliphatic hydroxyl groups is 1. The lowest BCUT2D eigenvalue weighted by molar-refractivity contribution is 0.198. The number of aliphatic hydroxyl groups excluding tert-OH is 1. The minimum absolute atomic E-state index is 0.277. The molecule has 20 heavy (non-hydrogen) atoms. The zero-order valence-corrected chi connectivity index (χ0v) is 14.5. The van der Waals surface area contributed by atoms with Gasteiger partial charge in [0.05, 0.1) is 14.2 Å². The third-order valence-corrected chi connectivity index (χ3v) is 4.25. The van der Waals surface area contributed by atoms with E-state index in [0.717, 1.165) is 12.8 Å². The molecule has 1 nitrogen and oxygen atoms in total. The van der Waals surface area contributed by atoms with Gasteiger partial charge in [-0.1, -0.05) is 68.7 Å². The Balaban J connectivity index is 3.24. The van der Waals surface area contributed by atoms with E-state index in [4.69, 9.17) is 0 Å². The van der Waals surface area contributed by atoms with Gasteiger partial charge in [-0.3, -0.25) is 0 Å². The van der Waals surface area contributed by atoms with Crippen LogP contribution in [0.25, 0.3) is 5.57 Å². The Morgan fingerprint density at radius 2 is 1.80 bits per heavy atom. The van der Waals surface area contributed by atoms with Crippen LogP contribution in [0.3, 0.4) is 0 Å². The zero-order valence-electron chi connectivity index (χ0n) is 13.5. The predicted octanol–water partition coefficient (Wildman–Crippen LogP) is 5.05. The summed E-state index contributed by atoms with van der Waals surface area (Å²) in [7, 11) is -1.30. The van der Waals surface area contributed by atoms with E-state index in [1.54, 1.807) is 0 Å². The predicted molar refractivity (Wildman–Crippen MR) is 92.4 cm³/mol. The summed E-state index contributed by atoms with van der Waals surface area (Å²) in [6, 6.07) is 10.6. The second-order valence-corrected chi connectivity index (χ2v) is 11.5. The van der Waals surface area contributed by atoms with Crippen LogP contribution < -0.4 is 0 Å². The van der Waals surface area contributed by atoms with Gasteiger partial charge >= 0.3 is 0 Å². The molecule has 0 aromatic heterocycles. The van der Waals surface area contributed by atoms with E-state index in [-0.39, 0.29) is 6.10 Å². The number of hydrogen-bond donors (Lipinski definition) is 1. The Labute approximate surface area is 125 Å². The maximum Gasteiger partial charge on any atom is 0.0695 e. The van der Waals surface area contributed by atoms with E-state index in [9.17, 15) is 5.11 Å². The standard InChI is InChI=1S/C18H28OSi/c1-6-16(13-12-15(2)19)18(14-20(3,4)5)17-10-8-7-9-11-17/h7-11,13-15,19H,6,12H2,1-5H3/b16-13+,18-14-. The minimum atomic E-state index is -1.30. The van der Waals surface area contributed by atoms with E-state index in [1.165, 1.54) is 16.7 Å². The Hall–Kier alpha value is -1.12. The normalized spacial score (nSPS) is 15.3. The number of hydrogen-bond acceptors (Lipinski definition) is 1. The average Bonchev–Trinajstić information content (AvgIpc) is 2.37. The quantitative estimate of drug-likeness (QED) is 0.573. The molecule has 0 amide bonds. The molecule has 0 saturated heterocycles. The van der Waals surface area contributed by atoms with E-state index in [2.05, 4.69) is 68.7 Å². The molecule has 1 N–H and O–H groups in total. The van der Waals surface area contributed by atoms with Crippen LogP contribution in [-0.2, 0) is 0 Å². The van der Waals surface area contributed by atoms with Gasteiger partial charge < -0.3 is 5.11 Å². The fourth-order valence-corrected chi connectivity index (χ4v) is 3.39. The molecule has 2 heteroatoms. The molecule has 0 radical (unpaired) electrons. The number of rotatable bonds is 6. The minimum Gasteiger partial charge on any atom is -0.393 e. The highest BCUT2D eigenvalue weighted by atomic mass is 28.3. The van der Waals surface area contributed by atoms with Crippen molar-refractivity contribution in [3.8, 4) is 0 Å². The molecule has 0 fully saturated rings. The molecule has 0 aliphatic rings. The topological polar surface area (TPSA) is 20.2 Å². The summed E-state index contributed by atoms with van der Waals surface area (Å²) in [5.41, 5.74) is 6.46. The van der Waals surface area contributed by atoms with Crippen LogP contribution in [0.15, 0.2) is 47.7 Å². The Kier molecular flexibility index (Phi) is 6.44. The van der Waals surface area contributed by atoms with E-state index >= 15 is 0 Å². The van der Waals surface area contributed by atoms with Crippen LogP contribution in [0, 0.1) is 0 Å². The molecule has 0 saturated carbocycles. The fraction of sp³-hybridized carbons (Fsp3) is 0.444. The first-order valence-corrected chi connectivity index (χ1v) is 11.1. The third kappa shape index (κ3) is 5.89. The summed E-state index contributed by atoms with van der Waals surface area (Å²) in [6.07, 6.45) is 3.64. The van der Waals surface area contributed by atoms with Gasteiger partial charge in [0.15, 0.2) is 0 Å². The first-order chi connectivity index (χ1) is 9.33. The van der Waals surface area contributed by atoms with Gasteiger partial charge in [0.25, 0.3) is 0 Å². The molecule has 0 aliphatic carbocycles. The molecule has 1 aromatic carbocycles. The van der Waals surface area contributed by atoms with E-state index in [0.29, 0.717) is 0 Å². The highest BCUT2D eigenvalue weighted by Gasteiger charge is 2.14. The van der Waals surface area contributed by atoms with Crippen LogP contribution >= 0.6 is 0 Å². The number of benzene rings is 1. The van der Waals surface area contributed by atoms with Crippen molar-refractivity contribution in [2.45, 2.75) is 52.4 Å². The summed E-state index contributed by atoms with van der Waals surface area (Å²) in [6.45, 7) is 11.1. The van der Waals surface area contributed by atoms with Crippen LogP contribution in [0.1, 0.15) is 32.3 Å². The lowest BCUT2D eigenvalue weighted by atomic mass is 9.96. The first-order valence-electron chi connectivity index (χ1n) is 7.49. The molecule has 0 bridgehead atoms. The Bertz CT molecular complexity index is 464. The zero-order chi connectivity index (χ0) is 15.2. The van der Waals surface area contributed by atoms with Gasteiger partial charge in [-0.25, -0.2) is 0 Å². The summed E-state index contributed by atoms with van der Waals surface area (Å²) in [5.74, 6) is 0. The lowest BCUT2D eigenvalue weighted by Crippen LogP contribution is -2.17. The van der Waals surface area contributed by atoms with Crippen LogP contribution in [0.2, 0.25) is 19.6 Å². The van der Waals surface area contributed by atoms with Gasteiger partial charge in [-0.15, -0.1) is 0 Å². The molecule has 1 atom stereocenters. The smallest absolute Gasteiger partial charge is 0.0695 e. The van der Waals surface area contributed by atoms with Crippen molar-refractivity contribution in [1.82, 2.24) is 0 Å². The molecule has 1 aromatic rings. The van der Waals surface area contributed by atoms with Gasteiger partial charge in [0.2, 0.25) is 0 Å². The summed E-state index contributed by atoms with van der Waals surface area (Å²) in [4.78, 5) is 0. The molecule has 0 spiro atoms. The highest BCUT2D eigenvalue weighted by Crippen LogP contribution is 2.28. The molecular weight excluding hydrogens is 260 g/mol. The average molecular weight is 289 g/mol. The fourth-order valence-electron chi connectivity index (χ4n) is 2.17. The van der Waals surface area contributed by atoms with Crippen molar-refractivity contribution in [3.63, 3.8) is 0 Å². The monoisotopic (exact) mass is 288 g/mol. The van der Waals surface area contributed by atoms with Crippen LogP contribution in [-0.4, -0.2) is 19.3 Å². The van der Waals surface area contributed by atoms with Crippen molar-refractivity contribution in [1.29, 1.82) is 0 Å². The van der Waals surface area contributed by atoms with E-state index < -0.39 is 8.07 Å². The first kappa shape index (κ1) is 16.9. The third-order valence-electron chi connectivity index (χ3n) is 3.09. The molecule has 0 aliphatic heterocycles. The van der Waals surface area contributed by atoms with Crippen LogP contribution in [0.4, 0.5) is 0 Å². The van der Waals surface area contributed by atoms with Crippen molar-refractivity contribution < 1.29 is 5.11 Å². The van der Waals surface area contributed by atoms with Gasteiger partial charge in [-0.2, -0.15) is 0 Å². The molecule has 1 rings (SSSR count). The van der Waals surface area contributed by atoms with Crippen LogP contribution in [0.5, 0.6) is 0 Å². The van der Waals surface area contributed by atoms with E-state index in [1.807, 2.05) is 6.92 Å². The lowest BCUT2D eigenvalue weighted by Gasteiger charge is -2.18. The largest absolute Gasteiger partial charge is 0.393 e.